The topological polar surface area (TPSA) is 102 Å². The first kappa shape index (κ1) is 35.2. The maximum Gasteiger partial charge on any atom is 0.265 e. The van der Waals surface area contributed by atoms with Crippen molar-refractivity contribution < 1.29 is 28.5 Å². The third kappa shape index (κ3) is 39.5. The molecule has 0 aliphatic heterocycles. The normalized spacial score (nSPS) is 13.4. The van der Waals surface area contributed by atoms with E-state index in [2.05, 4.69) is 16.8 Å². The van der Waals surface area contributed by atoms with Gasteiger partial charge in [0.05, 0.1) is 27.7 Å². The van der Waals surface area contributed by atoms with Gasteiger partial charge >= 0.3 is 0 Å². The van der Waals surface area contributed by atoms with Crippen molar-refractivity contribution in [2.75, 3.05) is 54.0 Å². The Hall–Kier alpha value is -0.0100. The van der Waals surface area contributed by atoms with E-state index < -0.39 is 7.82 Å². The van der Waals surface area contributed by atoms with E-state index in [0.717, 1.165) is 13.1 Å². The van der Waals surface area contributed by atoms with E-state index in [4.69, 9.17) is 10.00 Å². The van der Waals surface area contributed by atoms with Crippen LogP contribution in [-0.2, 0) is 9.09 Å². The maximum absolute atomic E-state index is 10.1. The van der Waals surface area contributed by atoms with Crippen molar-refractivity contribution in [3.05, 3.63) is 0 Å². The zero-order valence-electron chi connectivity index (χ0n) is 22.4. The minimum atomic E-state index is -4.51. The van der Waals surface area contributed by atoms with Crippen LogP contribution in [0.5, 0.6) is 0 Å². The summed E-state index contributed by atoms with van der Waals surface area (Å²) in [6.45, 7) is 4.92. The second kappa shape index (κ2) is 25.1. The lowest BCUT2D eigenvalue weighted by Gasteiger charge is -2.25. The fourth-order valence-corrected chi connectivity index (χ4v) is 3.74. The molecule has 0 aromatic heterocycles. The van der Waals surface area contributed by atoms with Gasteiger partial charge in [0.1, 0.15) is 13.2 Å². The van der Waals surface area contributed by atoms with E-state index in [0.29, 0.717) is 11.0 Å². The number of hydrogen-bond donors (Lipinski definition) is 3. The number of rotatable bonds is 23. The highest BCUT2D eigenvalue weighted by molar-refractivity contribution is 7.44. The molecule has 0 heterocycles. The molecule has 0 saturated heterocycles. The summed E-state index contributed by atoms with van der Waals surface area (Å²) in [6.07, 6.45) is 22.8. The van der Waals surface area contributed by atoms with Crippen molar-refractivity contribution in [2.45, 2.75) is 110 Å². The molecule has 0 radical (unpaired) electrons. The molecule has 7 nitrogen and oxygen atoms in total. The lowest BCUT2D eigenvalue weighted by Crippen LogP contribution is -2.37. The third-order valence-electron chi connectivity index (χ3n) is 5.51. The first-order valence-electron chi connectivity index (χ1n) is 13.4. The predicted octanol–water partition coefficient (Wildman–Crippen LogP) is 5.00. The summed E-state index contributed by atoms with van der Waals surface area (Å²) in [5.74, 6) is 0. The first-order valence-corrected chi connectivity index (χ1v) is 14.9. The highest BCUT2D eigenvalue weighted by Gasteiger charge is 2.09. The largest absolute Gasteiger partial charge is 0.756 e. The van der Waals surface area contributed by atoms with Crippen molar-refractivity contribution in [3.63, 3.8) is 0 Å². The summed E-state index contributed by atoms with van der Waals surface area (Å²) < 4.78 is 14.8. The van der Waals surface area contributed by atoms with Gasteiger partial charge in [-0.3, -0.25) is 4.57 Å². The molecule has 1 unspecified atom stereocenters. The Morgan fingerprint density at radius 1 is 0.758 bits per heavy atom. The number of unbranched alkanes of at least 4 members (excludes halogenated alkanes) is 15. The van der Waals surface area contributed by atoms with Crippen LogP contribution in [0.4, 0.5) is 0 Å². The van der Waals surface area contributed by atoms with Crippen molar-refractivity contribution >= 4 is 7.82 Å². The molecule has 0 amide bonds. The molecular formula is C25H57N2O5P. The van der Waals surface area contributed by atoms with Crippen molar-refractivity contribution in [1.82, 2.24) is 5.32 Å². The molecule has 0 fully saturated rings. The zero-order valence-corrected chi connectivity index (χ0v) is 23.3. The van der Waals surface area contributed by atoms with Crippen LogP contribution in [0.2, 0.25) is 0 Å². The molecule has 33 heavy (non-hydrogen) atoms. The smallest absolute Gasteiger partial charge is 0.265 e. The van der Waals surface area contributed by atoms with E-state index in [1.165, 1.54) is 103 Å². The summed E-state index contributed by atoms with van der Waals surface area (Å²) in [4.78, 5) is 18.3. The van der Waals surface area contributed by atoms with E-state index >= 15 is 0 Å². The number of hydrogen-bond acceptors (Lipinski definition) is 5. The summed E-state index contributed by atoms with van der Waals surface area (Å²) in [6, 6.07) is 0. The molecule has 3 N–H and O–H groups in total. The molecule has 0 rings (SSSR count). The Morgan fingerprint density at radius 3 is 1.48 bits per heavy atom. The minimum Gasteiger partial charge on any atom is -0.756 e. The van der Waals surface area contributed by atoms with Gasteiger partial charge in [0.15, 0.2) is 0 Å². The first-order chi connectivity index (χ1) is 15.6. The molecule has 0 saturated carbocycles. The maximum atomic E-state index is 10.1. The van der Waals surface area contributed by atoms with Crippen LogP contribution in [0.1, 0.15) is 110 Å². The molecule has 8 heteroatoms. The Labute approximate surface area is 205 Å². The predicted molar refractivity (Wildman–Crippen MR) is 138 cm³/mol. The average molecular weight is 497 g/mol. The van der Waals surface area contributed by atoms with Gasteiger partial charge in [-0.15, -0.1) is 0 Å². The summed E-state index contributed by atoms with van der Waals surface area (Å²) >= 11 is 0. The number of quaternary nitrogens is 1. The number of aliphatic hydroxyl groups is 1. The lowest BCUT2D eigenvalue weighted by molar-refractivity contribution is -0.870. The van der Waals surface area contributed by atoms with Gasteiger partial charge in [-0.2, -0.15) is 0 Å². The Bertz CT molecular complexity index is 408. The Kier molecular flexibility index (Phi) is 26.7. The highest BCUT2D eigenvalue weighted by Crippen LogP contribution is 2.29. The van der Waals surface area contributed by atoms with Crippen molar-refractivity contribution in [3.8, 4) is 0 Å². The van der Waals surface area contributed by atoms with Gasteiger partial charge in [0.25, 0.3) is 7.82 Å². The van der Waals surface area contributed by atoms with E-state index in [-0.39, 0.29) is 13.2 Å². The minimum absolute atomic E-state index is 0.0147. The lowest BCUT2D eigenvalue weighted by atomic mass is 10.0. The van der Waals surface area contributed by atoms with E-state index in [1.807, 2.05) is 21.1 Å². The van der Waals surface area contributed by atoms with Crippen LogP contribution >= 0.6 is 7.82 Å². The zero-order chi connectivity index (χ0) is 25.3. The number of phosphoric acid groups is 1. The van der Waals surface area contributed by atoms with Gasteiger partial charge in [-0.1, -0.05) is 103 Å². The SMILES string of the molecule is CCCCCCCCCCCCCCCCCCNCCO.C[N+](C)(C)CCOP(=O)([O-])O. The standard InChI is InChI=1S/C20H43NO.C5H14NO4P/c1-2-3-4-5-6-7-8-9-10-11-12-13-14-15-16-17-18-21-19-20-22;1-6(2,3)4-5-10-11(7,8)9/h21-22H,2-20H2,1H3;4-5H2,1-3H3,(H-,7,8,9). The van der Waals surface area contributed by atoms with Crippen LogP contribution in [-0.4, -0.2) is 68.5 Å². The molecule has 0 aliphatic rings. The second-order valence-electron chi connectivity index (χ2n) is 10.1. The summed E-state index contributed by atoms with van der Waals surface area (Å²) in [5, 5.41) is 11.9. The second-order valence-corrected chi connectivity index (χ2v) is 11.3. The summed E-state index contributed by atoms with van der Waals surface area (Å²) in [7, 11) is 1.19. The highest BCUT2D eigenvalue weighted by atomic mass is 31.2. The number of phosphoric ester groups is 1. The van der Waals surface area contributed by atoms with Crippen LogP contribution in [0.15, 0.2) is 0 Å². The number of likely N-dealkylation sites (N-methyl/N-ethyl adjacent to an activating group) is 1. The average Bonchev–Trinajstić information content (AvgIpc) is 2.71. The number of nitrogens with zero attached hydrogens (tertiary/aromatic N) is 1. The quantitative estimate of drug-likeness (QED) is 0.105. The van der Waals surface area contributed by atoms with Crippen molar-refractivity contribution in [2.24, 2.45) is 0 Å². The fraction of sp³-hybridized carbons (Fsp3) is 1.00. The van der Waals surface area contributed by atoms with Gasteiger partial charge < -0.3 is 29.2 Å². The Morgan fingerprint density at radius 2 is 1.15 bits per heavy atom. The molecule has 0 aliphatic carbocycles. The monoisotopic (exact) mass is 496 g/mol. The van der Waals surface area contributed by atoms with Gasteiger partial charge in [-0.25, -0.2) is 0 Å². The summed E-state index contributed by atoms with van der Waals surface area (Å²) in [5.41, 5.74) is 0. The van der Waals surface area contributed by atoms with E-state index in [1.54, 1.807) is 0 Å². The van der Waals surface area contributed by atoms with Crippen LogP contribution in [0.25, 0.3) is 0 Å². The van der Waals surface area contributed by atoms with Gasteiger partial charge in [0, 0.05) is 6.54 Å². The molecule has 0 aromatic rings. The molecule has 1 atom stereocenters. The van der Waals surface area contributed by atoms with Crippen LogP contribution < -0.4 is 10.2 Å². The van der Waals surface area contributed by atoms with Crippen molar-refractivity contribution in [1.29, 1.82) is 0 Å². The van der Waals surface area contributed by atoms with Gasteiger partial charge in [-0.05, 0) is 13.0 Å². The molecule has 202 valence electrons. The molecular weight excluding hydrogens is 439 g/mol. The molecule has 0 spiro atoms. The van der Waals surface area contributed by atoms with Crippen LogP contribution in [0.3, 0.4) is 0 Å². The number of aliphatic hydroxyl groups excluding tert-OH is 1. The Balaban J connectivity index is 0. The molecule has 0 bridgehead atoms. The molecule has 0 aromatic carbocycles. The van der Waals surface area contributed by atoms with Crippen LogP contribution in [0, 0.1) is 0 Å². The third-order valence-corrected chi connectivity index (χ3v) is 6.02. The fourth-order valence-electron chi connectivity index (χ4n) is 3.43. The number of nitrogens with one attached hydrogen (secondary N) is 1. The van der Waals surface area contributed by atoms with E-state index in [9.17, 15) is 9.46 Å². The van der Waals surface area contributed by atoms with Gasteiger partial charge in [0.2, 0.25) is 0 Å².